The molecule has 35 heavy (non-hydrogen) atoms. The average Bonchev–Trinajstić information content (AvgIpc) is 2.87. The van der Waals surface area contributed by atoms with Crippen LogP contribution in [0.25, 0.3) is 6.08 Å². The van der Waals surface area contributed by atoms with Crippen molar-refractivity contribution in [1.29, 1.82) is 0 Å². The molecule has 0 aliphatic heterocycles. The van der Waals surface area contributed by atoms with Crippen LogP contribution in [0.2, 0.25) is 5.02 Å². The maximum atomic E-state index is 13.4. The predicted octanol–water partition coefficient (Wildman–Crippen LogP) is 6.80. The first-order valence-corrected chi connectivity index (χ1v) is 13.0. The minimum absolute atomic E-state index is 0.176. The Labute approximate surface area is 212 Å². The largest absolute Gasteiger partial charge is 0.241 e. The van der Waals surface area contributed by atoms with E-state index in [4.69, 9.17) is 11.6 Å². The third-order valence-electron chi connectivity index (χ3n) is 5.38. The number of aryl methyl sites for hydroxylation is 1. The molecule has 0 aromatic heterocycles. The van der Waals surface area contributed by atoms with Gasteiger partial charge in [-0.25, -0.2) is 8.42 Å². The molecule has 4 aromatic rings. The Hall–Kier alpha value is -3.62. The molecule has 0 spiro atoms. The SMILES string of the molecule is Cc1ccc(S(=O)(=O)N[C@H](/C(C#Cc2ccccc2)=C/c2ccccc2)c2ccccc2Cl)cc1. The van der Waals surface area contributed by atoms with Gasteiger partial charge in [0, 0.05) is 16.2 Å². The van der Waals surface area contributed by atoms with Crippen molar-refractivity contribution in [3.63, 3.8) is 0 Å². The lowest BCUT2D eigenvalue weighted by molar-refractivity contribution is 0.572. The molecule has 0 fully saturated rings. The monoisotopic (exact) mass is 497 g/mol. The van der Waals surface area contributed by atoms with E-state index < -0.39 is 16.1 Å². The van der Waals surface area contributed by atoms with E-state index in [0.717, 1.165) is 16.7 Å². The first-order chi connectivity index (χ1) is 16.9. The quantitative estimate of drug-likeness (QED) is 0.298. The van der Waals surface area contributed by atoms with E-state index in [2.05, 4.69) is 16.6 Å². The zero-order valence-electron chi connectivity index (χ0n) is 19.1. The number of hydrogen-bond donors (Lipinski definition) is 1. The first kappa shape index (κ1) is 24.5. The van der Waals surface area contributed by atoms with Gasteiger partial charge in [0.15, 0.2) is 0 Å². The van der Waals surface area contributed by atoms with Crippen molar-refractivity contribution in [2.45, 2.75) is 17.9 Å². The van der Waals surface area contributed by atoms with Crippen molar-refractivity contribution in [2.75, 3.05) is 0 Å². The van der Waals surface area contributed by atoms with Gasteiger partial charge in [0.25, 0.3) is 0 Å². The van der Waals surface area contributed by atoms with Gasteiger partial charge >= 0.3 is 0 Å². The fourth-order valence-corrected chi connectivity index (χ4v) is 4.97. The van der Waals surface area contributed by atoms with Gasteiger partial charge in [-0.2, -0.15) is 4.72 Å². The standard InChI is InChI=1S/C30H24ClNO2S/c1-23-16-20-27(21-17-23)35(33,34)32-30(28-14-8-9-15-29(28)31)26(22-25-12-6-3-7-13-25)19-18-24-10-4-2-5-11-24/h2-17,20-22,30,32H,1H3/b26-22+/t30-/m1/s1. The number of hydrogen-bond acceptors (Lipinski definition) is 2. The summed E-state index contributed by atoms with van der Waals surface area (Å²) in [7, 11) is -3.88. The molecule has 4 aromatic carbocycles. The third-order valence-corrected chi connectivity index (χ3v) is 7.16. The highest BCUT2D eigenvalue weighted by molar-refractivity contribution is 7.89. The van der Waals surface area contributed by atoms with Crippen molar-refractivity contribution in [2.24, 2.45) is 0 Å². The van der Waals surface area contributed by atoms with E-state index in [-0.39, 0.29) is 4.90 Å². The molecular formula is C30H24ClNO2S. The summed E-state index contributed by atoms with van der Waals surface area (Å²) < 4.78 is 29.7. The second-order valence-corrected chi connectivity index (χ2v) is 10.1. The lowest BCUT2D eigenvalue weighted by atomic mass is 9.97. The van der Waals surface area contributed by atoms with Crippen LogP contribution in [0.15, 0.2) is 120 Å². The summed E-state index contributed by atoms with van der Waals surface area (Å²) in [6, 6.07) is 32.4. The maximum Gasteiger partial charge on any atom is 0.241 e. The normalized spacial score (nSPS) is 12.5. The van der Waals surface area contributed by atoms with E-state index >= 15 is 0 Å². The van der Waals surface area contributed by atoms with E-state index in [0.29, 0.717) is 16.2 Å². The van der Waals surface area contributed by atoms with E-state index in [1.807, 2.05) is 91.9 Å². The topological polar surface area (TPSA) is 46.2 Å². The van der Waals surface area contributed by atoms with Crippen LogP contribution in [0.3, 0.4) is 0 Å². The van der Waals surface area contributed by atoms with Crippen LogP contribution < -0.4 is 4.72 Å². The molecular weight excluding hydrogens is 474 g/mol. The highest BCUT2D eigenvalue weighted by atomic mass is 35.5. The van der Waals surface area contributed by atoms with Crippen molar-refractivity contribution >= 4 is 27.7 Å². The van der Waals surface area contributed by atoms with Gasteiger partial charge in [0.05, 0.1) is 10.9 Å². The number of benzene rings is 4. The minimum Gasteiger partial charge on any atom is -0.207 e. The molecule has 1 N–H and O–H groups in total. The van der Waals surface area contributed by atoms with Gasteiger partial charge in [-0.05, 0) is 54.5 Å². The molecule has 0 bridgehead atoms. The summed E-state index contributed by atoms with van der Waals surface area (Å²) in [6.45, 7) is 1.91. The summed E-state index contributed by atoms with van der Waals surface area (Å²) in [5.41, 5.74) is 3.89. The maximum absolute atomic E-state index is 13.4. The van der Waals surface area contributed by atoms with Crippen LogP contribution in [0.5, 0.6) is 0 Å². The zero-order chi connectivity index (χ0) is 24.7. The number of halogens is 1. The molecule has 0 aliphatic rings. The Balaban J connectivity index is 1.86. The van der Waals surface area contributed by atoms with Gasteiger partial charge in [0.2, 0.25) is 10.0 Å². The van der Waals surface area contributed by atoms with Gasteiger partial charge in [-0.15, -0.1) is 0 Å². The summed E-state index contributed by atoms with van der Waals surface area (Å²) in [5, 5.41) is 0.449. The zero-order valence-corrected chi connectivity index (χ0v) is 20.7. The van der Waals surface area contributed by atoms with Crippen molar-refractivity contribution in [3.05, 3.63) is 142 Å². The van der Waals surface area contributed by atoms with Crippen LogP contribution in [0, 0.1) is 18.8 Å². The fraction of sp³-hybridized carbons (Fsp3) is 0.0667. The minimum atomic E-state index is -3.88. The molecule has 0 amide bonds. The van der Waals surface area contributed by atoms with E-state index in [9.17, 15) is 8.42 Å². The van der Waals surface area contributed by atoms with Gasteiger partial charge in [0.1, 0.15) is 0 Å². The molecule has 4 rings (SSSR count). The predicted molar refractivity (Wildman–Crippen MR) is 143 cm³/mol. The lowest BCUT2D eigenvalue weighted by Gasteiger charge is -2.21. The van der Waals surface area contributed by atoms with Crippen LogP contribution in [-0.2, 0) is 10.0 Å². The van der Waals surface area contributed by atoms with Crippen LogP contribution in [-0.4, -0.2) is 8.42 Å². The second kappa shape index (κ2) is 11.2. The van der Waals surface area contributed by atoms with Crippen molar-refractivity contribution in [3.8, 4) is 11.8 Å². The molecule has 0 unspecified atom stereocenters. The highest BCUT2D eigenvalue weighted by Crippen LogP contribution is 2.31. The van der Waals surface area contributed by atoms with E-state index in [1.165, 1.54) is 0 Å². The van der Waals surface area contributed by atoms with Crippen molar-refractivity contribution in [1.82, 2.24) is 4.72 Å². The van der Waals surface area contributed by atoms with Crippen molar-refractivity contribution < 1.29 is 8.42 Å². The van der Waals surface area contributed by atoms with Gasteiger partial charge < -0.3 is 0 Å². The highest BCUT2D eigenvalue weighted by Gasteiger charge is 2.25. The van der Waals surface area contributed by atoms with Crippen LogP contribution in [0.4, 0.5) is 0 Å². The third kappa shape index (κ3) is 6.49. The average molecular weight is 498 g/mol. The summed E-state index contributed by atoms with van der Waals surface area (Å²) in [6.07, 6.45) is 1.89. The Morgan fingerprint density at radius 2 is 1.43 bits per heavy atom. The first-order valence-electron chi connectivity index (χ1n) is 11.1. The molecule has 0 radical (unpaired) electrons. The van der Waals surface area contributed by atoms with Crippen LogP contribution in [0.1, 0.15) is 28.3 Å². The van der Waals surface area contributed by atoms with E-state index in [1.54, 1.807) is 30.3 Å². The Kier molecular flexibility index (Phi) is 7.84. The second-order valence-electron chi connectivity index (χ2n) is 8.02. The Bertz CT molecular complexity index is 1480. The number of sulfonamides is 1. The molecule has 5 heteroatoms. The summed E-state index contributed by atoms with van der Waals surface area (Å²) in [5.74, 6) is 6.39. The van der Waals surface area contributed by atoms with Gasteiger partial charge in [-0.1, -0.05) is 108 Å². The Morgan fingerprint density at radius 3 is 2.09 bits per heavy atom. The smallest absolute Gasteiger partial charge is 0.207 e. The molecule has 0 saturated carbocycles. The molecule has 1 atom stereocenters. The van der Waals surface area contributed by atoms with Crippen LogP contribution >= 0.6 is 11.6 Å². The lowest BCUT2D eigenvalue weighted by Crippen LogP contribution is -2.30. The molecule has 0 heterocycles. The fourth-order valence-electron chi connectivity index (χ4n) is 3.53. The number of rotatable bonds is 6. The molecule has 0 aliphatic carbocycles. The molecule has 174 valence electrons. The summed E-state index contributed by atoms with van der Waals surface area (Å²) in [4.78, 5) is 0.176. The number of nitrogens with one attached hydrogen (secondary N) is 1. The Morgan fingerprint density at radius 1 is 0.829 bits per heavy atom. The molecule has 3 nitrogen and oxygen atoms in total. The molecule has 0 saturated heterocycles. The summed E-state index contributed by atoms with van der Waals surface area (Å²) >= 11 is 6.57. The van der Waals surface area contributed by atoms with Gasteiger partial charge in [-0.3, -0.25) is 0 Å².